The van der Waals surface area contributed by atoms with Crippen molar-refractivity contribution in [1.82, 2.24) is 4.98 Å². The van der Waals surface area contributed by atoms with E-state index < -0.39 is 11.9 Å². The van der Waals surface area contributed by atoms with Crippen molar-refractivity contribution in [3.8, 4) is 11.5 Å². The highest BCUT2D eigenvalue weighted by Gasteiger charge is 2.15. The predicted octanol–water partition coefficient (Wildman–Crippen LogP) is 2.66. The molecule has 2 rings (SSSR count). The topological polar surface area (TPSA) is 85.5 Å². The summed E-state index contributed by atoms with van der Waals surface area (Å²) in [6.07, 6.45) is 1.67. The molecule has 110 valence electrons. The number of aromatic amines is 1. The van der Waals surface area contributed by atoms with Crippen molar-refractivity contribution < 1.29 is 23.9 Å². The molecule has 0 fully saturated rings. The van der Waals surface area contributed by atoms with Crippen LogP contribution in [0.1, 0.15) is 20.8 Å². The van der Waals surface area contributed by atoms with Gasteiger partial charge in [-0.3, -0.25) is 14.4 Å². The summed E-state index contributed by atoms with van der Waals surface area (Å²) in [6.45, 7) is 3.97. The van der Waals surface area contributed by atoms with Crippen LogP contribution in [-0.4, -0.2) is 22.0 Å². The van der Waals surface area contributed by atoms with Crippen LogP contribution in [0.2, 0.25) is 0 Å². The minimum Gasteiger partial charge on any atom is -0.423 e. The van der Waals surface area contributed by atoms with Crippen LogP contribution in [0.15, 0.2) is 23.2 Å². The molecule has 6 nitrogen and oxygen atoms in total. The normalized spacial score (nSPS) is 10.4. The minimum absolute atomic E-state index is 0.0611. The van der Waals surface area contributed by atoms with E-state index >= 15 is 0 Å². The molecule has 0 atom stereocenters. The molecular weight excluding hydrogens is 294 g/mol. The molecule has 0 amide bonds. The minimum atomic E-state index is -0.529. The highest BCUT2D eigenvalue weighted by Crippen LogP contribution is 2.37. The molecule has 0 saturated carbocycles. The molecule has 0 saturated heterocycles. The summed E-state index contributed by atoms with van der Waals surface area (Å²) in [5, 5.41) is 0.649. The number of carbonyl (C=O) groups excluding carboxylic acids is 3. The van der Waals surface area contributed by atoms with E-state index in [1.165, 1.54) is 20.8 Å². The number of carbonyl (C=O) groups is 3. The Hall–Kier alpha value is -2.28. The van der Waals surface area contributed by atoms with E-state index in [0.717, 1.165) is 11.8 Å². The third kappa shape index (κ3) is 3.63. The van der Waals surface area contributed by atoms with E-state index in [2.05, 4.69) is 4.98 Å². The van der Waals surface area contributed by atoms with Gasteiger partial charge in [0.2, 0.25) is 0 Å². The van der Waals surface area contributed by atoms with Crippen LogP contribution >= 0.6 is 11.8 Å². The number of benzene rings is 1. The van der Waals surface area contributed by atoms with Crippen molar-refractivity contribution in [2.24, 2.45) is 0 Å². The molecule has 7 heteroatoms. The van der Waals surface area contributed by atoms with Crippen molar-refractivity contribution in [2.45, 2.75) is 25.7 Å². The van der Waals surface area contributed by atoms with Crippen molar-refractivity contribution in [3.63, 3.8) is 0 Å². The number of aromatic nitrogens is 1. The number of ether oxygens (including phenoxy) is 2. The molecule has 1 aromatic heterocycles. The average molecular weight is 307 g/mol. The number of hydrogen-bond donors (Lipinski definition) is 1. The Labute approximate surface area is 124 Å². The van der Waals surface area contributed by atoms with E-state index in [0.29, 0.717) is 15.8 Å². The van der Waals surface area contributed by atoms with Gasteiger partial charge in [0, 0.05) is 43.3 Å². The first-order valence-electron chi connectivity index (χ1n) is 6.07. The van der Waals surface area contributed by atoms with Gasteiger partial charge in [-0.25, -0.2) is 0 Å². The lowest BCUT2D eigenvalue weighted by Crippen LogP contribution is -2.07. The zero-order valence-electron chi connectivity index (χ0n) is 11.7. The highest BCUT2D eigenvalue weighted by molar-refractivity contribution is 8.13. The Bertz CT molecular complexity index is 734. The first kappa shape index (κ1) is 15.1. The lowest BCUT2D eigenvalue weighted by molar-refractivity contribution is -0.134. The van der Waals surface area contributed by atoms with Gasteiger partial charge < -0.3 is 14.5 Å². The molecule has 0 aliphatic carbocycles. The van der Waals surface area contributed by atoms with Gasteiger partial charge in [0.25, 0.3) is 0 Å². The number of esters is 2. The van der Waals surface area contributed by atoms with Crippen LogP contribution in [0.3, 0.4) is 0 Å². The number of rotatable bonds is 3. The molecule has 1 aromatic carbocycles. The zero-order valence-corrected chi connectivity index (χ0v) is 12.5. The number of nitrogens with one attached hydrogen (secondary N) is 1. The van der Waals surface area contributed by atoms with Gasteiger partial charge in [0.05, 0.1) is 5.52 Å². The zero-order chi connectivity index (χ0) is 15.6. The van der Waals surface area contributed by atoms with Crippen LogP contribution in [0.5, 0.6) is 11.5 Å². The van der Waals surface area contributed by atoms with Gasteiger partial charge in [0.1, 0.15) is 0 Å². The second-order valence-corrected chi connectivity index (χ2v) is 5.50. The number of hydrogen-bond acceptors (Lipinski definition) is 6. The molecule has 2 aromatic rings. The van der Waals surface area contributed by atoms with Crippen molar-refractivity contribution in [1.29, 1.82) is 0 Å². The van der Waals surface area contributed by atoms with E-state index in [1.807, 2.05) is 0 Å². The Balaban J connectivity index is 2.54. The third-order valence-electron chi connectivity index (χ3n) is 2.47. The molecule has 21 heavy (non-hydrogen) atoms. The molecule has 1 heterocycles. The third-order valence-corrected chi connectivity index (χ3v) is 3.31. The second-order valence-electron chi connectivity index (χ2n) is 4.28. The standard InChI is InChI=1S/C14H13NO5S/c1-7(16)19-12-4-10-11(5-13(12)20-8(2)17)15-6-14(10)21-9(3)18/h4-6,15H,1-3H3. The Morgan fingerprint density at radius 2 is 1.57 bits per heavy atom. The smallest absolute Gasteiger partial charge is 0.308 e. The number of fused-ring (bicyclic) bond motifs is 1. The van der Waals surface area contributed by atoms with Gasteiger partial charge in [-0.2, -0.15) is 0 Å². The van der Waals surface area contributed by atoms with Crippen LogP contribution < -0.4 is 9.47 Å². The van der Waals surface area contributed by atoms with Crippen LogP contribution in [0, 0.1) is 0 Å². The molecule has 0 bridgehead atoms. The SMILES string of the molecule is CC(=O)Oc1cc2[nH]cc(SC(C)=O)c2cc1OC(C)=O. The van der Waals surface area contributed by atoms with Gasteiger partial charge >= 0.3 is 11.9 Å². The van der Waals surface area contributed by atoms with Crippen molar-refractivity contribution in [3.05, 3.63) is 18.3 Å². The van der Waals surface area contributed by atoms with Crippen molar-refractivity contribution in [2.75, 3.05) is 0 Å². The summed E-state index contributed by atoms with van der Waals surface area (Å²) in [6, 6.07) is 3.12. The maximum absolute atomic E-state index is 11.2. The van der Waals surface area contributed by atoms with Crippen LogP contribution in [0.25, 0.3) is 10.9 Å². The molecule has 0 radical (unpaired) electrons. The molecule has 0 spiro atoms. The first-order valence-corrected chi connectivity index (χ1v) is 6.89. The highest BCUT2D eigenvalue weighted by atomic mass is 32.2. The molecular formula is C14H13NO5S. The predicted molar refractivity (Wildman–Crippen MR) is 77.5 cm³/mol. The maximum Gasteiger partial charge on any atom is 0.308 e. The molecule has 1 N–H and O–H groups in total. The Kier molecular flexibility index (Phi) is 4.32. The van der Waals surface area contributed by atoms with Crippen LogP contribution in [-0.2, 0) is 14.4 Å². The summed E-state index contributed by atoms with van der Waals surface area (Å²) in [5.41, 5.74) is 0.672. The van der Waals surface area contributed by atoms with Crippen LogP contribution in [0.4, 0.5) is 0 Å². The monoisotopic (exact) mass is 307 g/mol. The quantitative estimate of drug-likeness (QED) is 0.533. The van der Waals surface area contributed by atoms with Gasteiger partial charge in [-0.1, -0.05) is 0 Å². The molecule has 0 aliphatic heterocycles. The summed E-state index contributed by atoms with van der Waals surface area (Å²) >= 11 is 1.06. The number of H-pyrrole nitrogens is 1. The molecule has 0 aliphatic rings. The molecule has 0 unspecified atom stereocenters. The van der Waals surface area contributed by atoms with E-state index in [1.54, 1.807) is 18.3 Å². The lowest BCUT2D eigenvalue weighted by atomic mass is 10.2. The summed E-state index contributed by atoms with van der Waals surface area (Å²) < 4.78 is 10.1. The van der Waals surface area contributed by atoms with Gasteiger partial charge in [-0.05, 0) is 17.8 Å². The Morgan fingerprint density at radius 1 is 1.00 bits per heavy atom. The maximum atomic E-state index is 11.2. The largest absolute Gasteiger partial charge is 0.423 e. The van der Waals surface area contributed by atoms with Crippen molar-refractivity contribution >= 4 is 39.7 Å². The second kappa shape index (κ2) is 6.01. The van der Waals surface area contributed by atoms with E-state index in [-0.39, 0.29) is 16.6 Å². The number of thioether (sulfide) groups is 1. The lowest BCUT2D eigenvalue weighted by Gasteiger charge is -2.09. The fourth-order valence-electron chi connectivity index (χ4n) is 1.81. The fourth-order valence-corrected chi connectivity index (χ4v) is 2.52. The summed E-state index contributed by atoms with van der Waals surface area (Å²) in [4.78, 5) is 37.2. The Morgan fingerprint density at radius 3 is 2.10 bits per heavy atom. The van der Waals surface area contributed by atoms with Gasteiger partial charge in [0.15, 0.2) is 16.6 Å². The van der Waals surface area contributed by atoms with E-state index in [4.69, 9.17) is 9.47 Å². The van der Waals surface area contributed by atoms with E-state index in [9.17, 15) is 14.4 Å². The fraction of sp³-hybridized carbons (Fsp3) is 0.214. The first-order chi connectivity index (χ1) is 9.86. The summed E-state index contributed by atoms with van der Waals surface area (Å²) in [7, 11) is 0. The van der Waals surface area contributed by atoms with Gasteiger partial charge in [-0.15, -0.1) is 0 Å². The average Bonchev–Trinajstić information content (AvgIpc) is 2.70. The summed E-state index contributed by atoms with van der Waals surface area (Å²) in [5.74, 6) is -0.770.